The van der Waals surface area contributed by atoms with E-state index in [1.54, 1.807) is 26.2 Å². The van der Waals surface area contributed by atoms with E-state index < -0.39 is 11.2 Å². The van der Waals surface area contributed by atoms with Crippen LogP contribution in [-0.2, 0) is 4.79 Å². The van der Waals surface area contributed by atoms with Gasteiger partial charge in [0.25, 0.3) is 11.8 Å². The molecule has 0 aliphatic heterocycles. The summed E-state index contributed by atoms with van der Waals surface area (Å²) in [7, 11) is 1.58. The molecule has 0 aliphatic rings. The maximum absolute atomic E-state index is 12.1. The van der Waals surface area contributed by atoms with Crippen molar-refractivity contribution in [1.82, 2.24) is 10.9 Å². The highest BCUT2D eigenvalue weighted by Crippen LogP contribution is 2.25. The highest BCUT2D eigenvalue weighted by molar-refractivity contribution is 8.00. The summed E-state index contributed by atoms with van der Waals surface area (Å²) in [6.07, 6.45) is 0. The topological polar surface area (TPSA) is 87.7 Å². The van der Waals surface area contributed by atoms with Gasteiger partial charge in [0.15, 0.2) is 0 Å². The number of halogens is 1. The average Bonchev–Trinajstić information content (AvgIpc) is 2.62. The van der Waals surface area contributed by atoms with Crippen molar-refractivity contribution >= 4 is 35.2 Å². The van der Waals surface area contributed by atoms with Crippen molar-refractivity contribution in [1.29, 1.82) is 0 Å². The fraction of sp³-hybridized carbons (Fsp3) is 0.176. The first-order valence-electron chi connectivity index (χ1n) is 7.30. The van der Waals surface area contributed by atoms with E-state index >= 15 is 0 Å². The Hall–Kier alpha value is -2.38. The number of nitrogens with one attached hydrogen (secondary N) is 2. The molecule has 0 spiro atoms. The molecular formula is C17H17ClN2O4S. The number of hydrazine groups is 1. The van der Waals surface area contributed by atoms with Crippen LogP contribution in [0.5, 0.6) is 11.5 Å². The van der Waals surface area contributed by atoms with Crippen LogP contribution in [0.2, 0.25) is 5.02 Å². The summed E-state index contributed by atoms with van der Waals surface area (Å²) in [6.45, 7) is 1.72. The van der Waals surface area contributed by atoms with Crippen molar-refractivity contribution < 1.29 is 19.4 Å². The monoisotopic (exact) mass is 380 g/mol. The number of carbonyl (C=O) groups is 2. The molecule has 0 saturated heterocycles. The highest BCUT2D eigenvalue weighted by Gasteiger charge is 2.17. The van der Waals surface area contributed by atoms with E-state index in [-0.39, 0.29) is 17.2 Å². The molecule has 0 aliphatic carbocycles. The van der Waals surface area contributed by atoms with Gasteiger partial charge in [-0.05, 0) is 49.4 Å². The number of ether oxygens (including phenoxy) is 1. The third kappa shape index (κ3) is 5.30. The molecule has 1 unspecified atom stereocenters. The minimum absolute atomic E-state index is 0.0248. The Labute approximate surface area is 154 Å². The third-order valence-electron chi connectivity index (χ3n) is 3.24. The van der Waals surface area contributed by atoms with Crippen LogP contribution >= 0.6 is 23.4 Å². The molecule has 3 N–H and O–H groups in total. The zero-order chi connectivity index (χ0) is 18.4. The van der Waals surface area contributed by atoms with Crippen LogP contribution in [0.4, 0.5) is 0 Å². The molecule has 2 aromatic rings. The van der Waals surface area contributed by atoms with Crippen LogP contribution in [0.15, 0.2) is 47.4 Å². The largest absolute Gasteiger partial charge is 0.507 e. The first-order valence-corrected chi connectivity index (χ1v) is 8.56. The number of carbonyl (C=O) groups excluding carboxylic acids is 2. The smallest absolute Gasteiger partial charge is 0.273 e. The average molecular weight is 381 g/mol. The number of hydrogen-bond donors (Lipinski definition) is 3. The molecule has 0 radical (unpaired) electrons. The number of hydrogen-bond acceptors (Lipinski definition) is 5. The molecule has 2 amide bonds. The number of benzene rings is 2. The second-order valence-electron chi connectivity index (χ2n) is 5.04. The summed E-state index contributed by atoms with van der Waals surface area (Å²) in [5.41, 5.74) is 4.57. The lowest BCUT2D eigenvalue weighted by molar-refractivity contribution is -0.121. The zero-order valence-corrected chi connectivity index (χ0v) is 15.1. The lowest BCUT2D eigenvalue weighted by Crippen LogP contribution is -2.44. The Balaban J connectivity index is 1.90. The fourth-order valence-corrected chi connectivity index (χ4v) is 2.93. The van der Waals surface area contributed by atoms with Gasteiger partial charge in [-0.3, -0.25) is 20.4 Å². The number of aromatic hydroxyl groups is 1. The van der Waals surface area contributed by atoms with Crippen LogP contribution in [0.25, 0.3) is 0 Å². The van der Waals surface area contributed by atoms with Crippen molar-refractivity contribution in [3.05, 3.63) is 53.1 Å². The Bertz CT molecular complexity index is 768. The number of thioether (sulfide) groups is 1. The second kappa shape index (κ2) is 8.64. The second-order valence-corrected chi connectivity index (χ2v) is 6.89. The zero-order valence-electron chi connectivity index (χ0n) is 13.6. The van der Waals surface area contributed by atoms with Crippen molar-refractivity contribution in [2.24, 2.45) is 0 Å². The number of phenolic OH excluding ortho intramolecular Hbond substituents is 1. The van der Waals surface area contributed by atoms with E-state index in [1.807, 2.05) is 12.1 Å². The van der Waals surface area contributed by atoms with Crippen molar-refractivity contribution in [2.75, 3.05) is 7.11 Å². The Morgan fingerprint density at radius 3 is 2.48 bits per heavy atom. The third-order valence-corrected chi connectivity index (χ3v) is 4.59. The molecule has 1 atom stereocenters. The van der Waals surface area contributed by atoms with E-state index in [1.165, 1.54) is 30.0 Å². The summed E-state index contributed by atoms with van der Waals surface area (Å²) in [4.78, 5) is 25.0. The number of methoxy groups -OCH3 is 1. The Kier molecular flexibility index (Phi) is 6.55. The molecule has 0 saturated carbocycles. The molecule has 6 nitrogen and oxygen atoms in total. The van der Waals surface area contributed by atoms with Crippen LogP contribution in [-0.4, -0.2) is 29.3 Å². The summed E-state index contributed by atoms with van der Waals surface area (Å²) >= 11 is 7.13. The standard InChI is InChI=1S/C17H17ClN2O4S/c1-10(25-13-6-4-12(24-2)5-7-13)16(22)19-20-17(23)14-9-11(18)3-8-15(14)21/h3-10,21H,1-2H3,(H,19,22)(H,20,23). The molecule has 8 heteroatoms. The molecule has 0 aromatic heterocycles. The molecular weight excluding hydrogens is 364 g/mol. The summed E-state index contributed by atoms with van der Waals surface area (Å²) in [6, 6.07) is 11.4. The molecule has 2 aromatic carbocycles. The summed E-state index contributed by atoms with van der Waals surface area (Å²) in [5, 5.41) is 9.53. The first kappa shape index (κ1) is 19.0. The molecule has 0 heterocycles. The van der Waals surface area contributed by atoms with Crippen molar-refractivity contribution in [2.45, 2.75) is 17.1 Å². The van der Waals surface area contributed by atoms with E-state index in [0.29, 0.717) is 5.02 Å². The number of phenols is 1. The predicted octanol–water partition coefficient (Wildman–Crippen LogP) is 3.00. The van der Waals surface area contributed by atoms with Gasteiger partial charge >= 0.3 is 0 Å². The minimum atomic E-state index is -0.657. The van der Waals surface area contributed by atoms with Gasteiger partial charge in [-0.15, -0.1) is 11.8 Å². The maximum Gasteiger partial charge on any atom is 0.273 e. The van der Waals surface area contributed by atoms with Crippen LogP contribution in [0, 0.1) is 0 Å². The molecule has 132 valence electrons. The van der Waals surface area contributed by atoms with E-state index in [9.17, 15) is 14.7 Å². The van der Waals surface area contributed by atoms with Crippen molar-refractivity contribution in [3.63, 3.8) is 0 Å². The van der Waals surface area contributed by atoms with Gasteiger partial charge in [0.2, 0.25) is 0 Å². The number of rotatable bonds is 5. The molecule has 2 rings (SSSR count). The lowest BCUT2D eigenvalue weighted by Gasteiger charge is -2.13. The first-order chi connectivity index (χ1) is 11.9. The van der Waals surface area contributed by atoms with E-state index in [4.69, 9.17) is 16.3 Å². The van der Waals surface area contributed by atoms with Crippen LogP contribution in [0.1, 0.15) is 17.3 Å². The van der Waals surface area contributed by atoms with Gasteiger partial charge in [-0.2, -0.15) is 0 Å². The van der Waals surface area contributed by atoms with E-state index in [0.717, 1.165) is 10.6 Å². The summed E-state index contributed by atoms with van der Waals surface area (Å²) in [5.74, 6) is -0.530. The normalized spacial score (nSPS) is 11.5. The quantitative estimate of drug-likeness (QED) is 0.548. The van der Waals surface area contributed by atoms with Gasteiger partial charge in [0.1, 0.15) is 11.5 Å². The van der Waals surface area contributed by atoms with Crippen LogP contribution in [0.3, 0.4) is 0 Å². The highest BCUT2D eigenvalue weighted by atomic mass is 35.5. The SMILES string of the molecule is COc1ccc(SC(C)C(=O)NNC(=O)c2cc(Cl)ccc2O)cc1. The fourth-order valence-electron chi connectivity index (χ4n) is 1.89. The summed E-state index contributed by atoms with van der Waals surface area (Å²) < 4.78 is 5.08. The maximum atomic E-state index is 12.1. The molecule has 0 bridgehead atoms. The lowest BCUT2D eigenvalue weighted by atomic mass is 10.2. The Morgan fingerprint density at radius 1 is 1.16 bits per heavy atom. The minimum Gasteiger partial charge on any atom is -0.507 e. The number of amides is 2. The predicted molar refractivity (Wildman–Crippen MR) is 97.0 cm³/mol. The molecule has 25 heavy (non-hydrogen) atoms. The van der Waals surface area contributed by atoms with Gasteiger partial charge < -0.3 is 9.84 Å². The van der Waals surface area contributed by atoms with E-state index in [2.05, 4.69) is 10.9 Å². The van der Waals surface area contributed by atoms with Gasteiger partial charge in [0, 0.05) is 9.92 Å². The van der Waals surface area contributed by atoms with Gasteiger partial charge in [-0.25, -0.2) is 0 Å². The molecule has 0 fully saturated rings. The van der Waals surface area contributed by atoms with Gasteiger partial charge in [0.05, 0.1) is 17.9 Å². The van der Waals surface area contributed by atoms with Gasteiger partial charge in [-0.1, -0.05) is 11.6 Å². The van der Waals surface area contributed by atoms with Crippen molar-refractivity contribution in [3.8, 4) is 11.5 Å². The van der Waals surface area contributed by atoms with Crippen LogP contribution < -0.4 is 15.6 Å². The Morgan fingerprint density at radius 2 is 1.84 bits per heavy atom.